The van der Waals surface area contributed by atoms with Gasteiger partial charge < -0.3 is 34.6 Å². The highest BCUT2D eigenvalue weighted by molar-refractivity contribution is 8.00. The molecule has 2 unspecified atom stereocenters. The second-order valence-corrected chi connectivity index (χ2v) is 24.4. The maximum Gasteiger partial charge on any atom is 0.306 e. The van der Waals surface area contributed by atoms with Crippen LogP contribution in [0.15, 0.2) is 65.8 Å². The Hall–Kier alpha value is -5.70. The lowest BCUT2D eigenvalue weighted by Crippen LogP contribution is -2.59. The zero-order chi connectivity index (χ0) is 61.5. The zero-order valence-electron chi connectivity index (χ0n) is 52.0. The van der Waals surface area contributed by atoms with Gasteiger partial charge >= 0.3 is 5.97 Å². The Kier molecular flexibility index (Phi) is 29.4. The third-order valence-electron chi connectivity index (χ3n) is 16.4. The van der Waals surface area contributed by atoms with Crippen molar-refractivity contribution in [2.75, 3.05) is 54.7 Å². The summed E-state index contributed by atoms with van der Waals surface area (Å²) in [5.74, 6) is -2.95. The summed E-state index contributed by atoms with van der Waals surface area (Å²) in [6.07, 6.45) is 5.59. The lowest BCUT2D eigenvalue weighted by Gasteiger charge is -2.41. The maximum atomic E-state index is 14.6. The fourth-order valence-electron chi connectivity index (χ4n) is 11.6. The summed E-state index contributed by atoms with van der Waals surface area (Å²) in [5, 5.41) is 10.3. The minimum atomic E-state index is -0.823. The number of hydrogen-bond acceptors (Lipinski definition) is 14. The van der Waals surface area contributed by atoms with Gasteiger partial charge in [0, 0.05) is 53.6 Å². The van der Waals surface area contributed by atoms with E-state index in [1.165, 1.54) is 16.7 Å². The van der Waals surface area contributed by atoms with Gasteiger partial charge in [0.05, 0.1) is 59.7 Å². The van der Waals surface area contributed by atoms with E-state index in [-0.39, 0.29) is 90.0 Å². The Balaban J connectivity index is 1.37. The van der Waals surface area contributed by atoms with Crippen molar-refractivity contribution in [3.8, 4) is 0 Å². The first-order valence-corrected chi connectivity index (χ1v) is 31.2. The first kappa shape index (κ1) is 69.8. The highest BCUT2D eigenvalue weighted by atomic mass is 32.2. The van der Waals surface area contributed by atoms with Crippen LogP contribution >= 0.6 is 11.8 Å². The van der Waals surface area contributed by atoms with E-state index >= 15 is 0 Å². The van der Waals surface area contributed by atoms with E-state index in [4.69, 9.17) is 14.2 Å². The van der Waals surface area contributed by atoms with Crippen LogP contribution in [-0.4, -0.2) is 175 Å². The number of hydrazone groups is 1. The number of esters is 1. The molecule has 19 nitrogen and oxygen atoms in total. The van der Waals surface area contributed by atoms with Crippen molar-refractivity contribution in [3.05, 3.63) is 71.8 Å². The molecule has 0 aromatic heterocycles. The Bertz CT molecular complexity index is 2440. The monoisotopic (exact) mass is 1170 g/mol. The Labute approximate surface area is 498 Å². The molecule has 2 aliphatic heterocycles. The fourth-order valence-corrected chi connectivity index (χ4v) is 12.2. The van der Waals surface area contributed by atoms with E-state index in [0.29, 0.717) is 82.2 Å². The van der Waals surface area contributed by atoms with E-state index in [0.717, 1.165) is 5.56 Å². The second kappa shape index (κ2) is 34.9. The number of unbranched alkanes of at least 4 members (excludes halogenated alkanes) is 3. The van der Waals surface area contributed by atoms with Crippen molar-refractivity contribution in [3.63, 3.8) is 0 Å². The van der Waals surface area contributed by atoms with Crippen molar-refractivity contribution in [2.24, 2.45) is 28.8 Å². The highest BCUT2D eigenvalue weighted by Crippen LogP contribution is 2.31. The normalized spacial score (nSPS) is 19.0. The number of ether oxygens (including phenoxy) is 3. The van der Waals surface area contributed by atoms with Gasteiger partial charge in [-0.15, -0.1) is 0 Å². The predicted octanol–water partition coefficient (Wildman–Crippen LogP) is 7.55. The molecule has 2 aromatic carbocycles. The number of methoxy groups -OCH3 is 2. The van der Waals surface area contributed by atoms with Crippen molar-refractivity contribution in [1.29, 1.82) is 0 Å². The molecule has 0 spiro atoms. The molecule has 7 amide bonds. The Morgan fingerprint density at radius 2 is 1.42 bits per heavy atom. The number of imide groups is 1. The number of carbonyl (C=O) groups is 8. The molecule has 462 valence electrons. The third-order valence-corrected chi connectivity index (χ3v) is 17.3. The standard InChI is InChI=1S/C63H98N8O11S/c1-15-42(6)57(69(11)63(79)55(40(2)3)65-61(77)56(41(4)5)68(9)10)49(80-12)38-52(73)70-37-27-33-48(70)58(81-13)43(7)60(76)64-44(8)59(46-30-21-17-22-31-46)82-54(75)35-25-24-32-47(45-28-19-16-20-29-45)66-67-51(72)34-23-18-26-36-71-53(74)39-50(83-14)62(71)78/h16-17,19-22,28-31,40-44,48-50,55-59H,15,18,23-27,32-39H2,1-14H3,(H,64,76)(H,65,77)(H,67,72)/b66-47-/t42-,43+,44+,48-,49+,50?,55-,56-,57-,58+,59?/m0/s1. The SMILES string of the molecule is CC[C@H](C)[C@@H]([C@@H](CC(=O)N1CCC[C@H]1[C@H](OC)[C@@H](C)C(=O)N[C@H](C)C(OC(=O)CCCC/C(=N/NC(=O)CCCCCN1C(=O)CC(SC)C1=O)c1ccccc1)c1ccccc1)OC)N(C)C(=O)[C@@H](NC(=O)[C@H](C(C)C)N(C)C)C(C)C. The van der Waals surface area contributed by atoms with Crippen molar-refractivity contribution < 1.29 is 52.6 Å². The van der Waals surface area contributed by atoms with Crippen LogP contribution in [-0.2, 0) is 52.6 Å². The molecule has 2 fully saturated rings. The van der Waals surface area contributed by atoms with Crippen molar-refractivity contribution in [1.82, 2.24) is 35.7 Å². The minimum Gasteiger partial charge on any atom is -0.455 e. The molecule has 3 N–H and O–H groups in total. The summed E-state index contributed by atoms with van der Waals surface area (Å²) >= 11 is 1.39. The lowest BCUT2D eigenvalue weighted by molar-refractivity contribution is -0.152. The van der Waals surface area contributed by atoms with E-state index in [1.807, 2.05) is 127 Å². The van der Waals surface area contributed by atoms with Crippen LogP contribution in [0.4, 0.5) is 0 Å². The number of thioether (sulfide) groups is 1. The number of carbonyl (C=O) groups excluding carboxylic acids is 8. The molecule has 0 saturated carbocycles. The number of nitrogens with zero attached hydrogens (tertiary/aromatic N) is 5. The quantitative estimate of drug-likeness (QED) is 0.0200. The lowest BCUT2D eigenvalue weighted by atomic mass is 9.89. The van der Waals surface area contributed by atoms with Crippen LogP contribution in [0.1, 0.15) is 156 Å². The largest absolute Gasteiger partial charge is 0.455 e. The number of hydrogen-bond donors (Lipinski definition) is 3. The number of amides is 7. The van der Waals surface area contributed by atoms with Crippen LogP contribution in [0.3, 0.4) is 0 Å². The molecule has 2 aromatic rings. The van der Waals surface area contributed by atoms with Gasteiger partial charge in [0.1, 0.15) is 12.1 Å². The van der Waals surface area contributed by atoms with E-state index < -0.39 is 60.4 Å². The van der Waals surface area contributed by atoms with Gasteiger partial charge in [-0.2, -0.15) is 16.9 Å². The van der Waals surface area contributed by atoms with Crippen molar-refractivity contribution >= 4 is 64.8 Å². The molecule has 83 heavy (non-hydrogen) atoms. The summed E-state index contributed by atoms with van der Waals surface area (Å²) in [5.41, 5.74) is 4.91. The summed E-state index contributed by atoms with van der Waals surface area (Å²) in [6.45, 7) is 16.2. The average molecular weight is 1180 g/mol. The Morgan fingerprint density at radius 3 is 2.00 bits per heavy atom. The van der Waals surface area contributed by atoms with Crippen molar-refractivity contribution in [2.45, 2.75) is 193 Å². The number of rotatable bonds is 35. The van der Waals surface area contributed by atoms with Crippen LogP contribution in [0.2, 0.25) is 0 Å². The minimum absolute atomic E-state index is 0.0151. The van der Waals surface area contributed by atoms with Gasteiger partial charge in [0.15, 0.2) is 0 Å². The van der Waals surface area contributed by atoms with Gasteiger partial charge in [-0.25, -0.2) is 5.43 Å². The second-order valence-electron chi connectivity index (χ2n) is 23.4. The molecule has 4 rings (SSSR count). The molecule has 0 bridgehead atoms. The molecule has 2 aliphatic rings. The number of likely N-dealkylation sites (tertiary alicyclic amines) is 2. The summed E-state index contributed by atoms with van der Waals surface area (Å²) in [7, 11) is 8.51. The maximum absolute atomic E-state index is 14.6. The number of nitrogens with one attached hydrogen (secondary N) is 3. The molecule has 0 aliphatic carbocycles. The molecule has 2 heterocycles. The summed E-state index contributed by atoms with van der Waals surface area (Å²) < 4.78 is 18.3. The molecular weight excluding hydrogens is 1080 g/mol. The zero-order valence-corrected chi connectivity index (χ0v) is 52.8. The van der Waals surface area contributed by atoms with Gasteiger partial charge in [0.25, 0.3) is 0 Å². The first-order chi connectivity index (χ1) is 39.5. The Morgan fingerprint density at radius 1 is 0.783 bits per heavy atom. The van der Waals surface area contributed by atoms with Crippen LogP contribution in [0.25, 0.3) is 0 Å². The van der Waals surface area contributed by atoms with Crippen LogP contribution in [0.5, 0.6) is 0 Å². The van der Waals surface area contributed by atoms with Crippen LogP contribution < -0.4 is 16.1 Å². The van der Waals surface area contributed by atoms with Crippen LogP contribution in [0, 0.1) is 23.7 Å². The fraction of sp³-hybridized carbons (Fsp3) is 0.667. The third kappa shape index (κ3) is 20.2. The molecule has 11 atom stereocenters. The smallest absolute Gasteiger partial charge is 0.306 e. The van der Waals surface area contributed by atoms with Gasteiger partial charge in [0.2, 0.25) is 41.4 Å². The number of benzene rings is 2. The summed E-state index contributed by atoms with van der Waals surface area (Å²) in [4.78, 5) is 115. The van der Waals surface area contributed by atoms with Gasteiger partial charge in [-0.1, -0.05) is 122 Å². The highest BCUT2D eigenvalue weighted by Gasteiger charge is 2.44. The molecular formula is C63H98N8O11S. The first-order valence-electron chi connectivity index (χ1n) is 29.9. The molecule has 2 saturated heterocycles. The van der Waals surface area contributed by atoms with E-state index in [1.54, 1.807) is 44.9 Å². The predicted molar refractivity (Wildman–Crippen MR) is 325 cm³/mol. The number of likely N-dealkylation sites (N-methyl/N-ethyl adjacent to an activating group) is 2. The topological polar surface area (TPSA) is 226 Å². The van der Waals surface area contributed by atoms with Gasteiger partial charge in [-0.3, -0.25) is 48.2 Å². The average Bonchev–Trinajstić information content (AvgIpc) is 4.30. The van der Waals surface area contributed by atoms with Gasteiger partial charge in [-0.05, 0) is 101 Å². The molecule has 0 radical (unpaired) electrons. The van der Waals surface area contributed by atoms with E-state index in [9.17, 15) is 38.4 Å². The van der Waals surface area contributed by atoms with E-state index in [2.05, 4.69) is 21.2 Å². The molecule has 20 heteroatoms. The summed E-state index contributed by atoms with van der Waals surface area (Å²) in [6, 6.07) is 15.9.